The molecular formula is C12H14N2O3S. The van der Waals surface area contributed by atoms with Crippen molar-refractivity contribution in [2.45, 2.75) is 12.1 Å². The normalized spacial score (nSPS) is 27.2. The van der Waals surface area contributed by atoms with E-state index in [1.165, 1.54) is 6.40 Å². The van der Waals surface area contributed by atoms with Crippen LogP contribution in [0.15, 0.2) is 21.8 Å². The Labute approximate surface area is 109 Å². The molecule has 0 N–H and O–H groups in total. The van der Waals surface area contributed by atoms with Crippen molar-refractivity contribution in [3.05, 3.63) is 22.4 Å². The summed E-state index contributed by atoms with van der Waals surface area (Å²) in [5.74, 6) is 0.0308. The van der Waals surface area contributed by atoms with Gasteiger partial charge in [-0.05, 0) is 16.8 Å². The van der Waals surface area contributed by atoms with Crippen molar-refractivity contribution in [2.24, 2.45) is 4.99 Å². The molecule has 1 aromatic heterocycles. The highest BCUT2D eigenvalue weighted by Crippen LogP contribution is 2.29. The monoisotopic (exact) mass is 266 g/mol. The average molecular weight is 266 g/mol. The number of morpholine rings is 1. The SMILES string of the molecule is O=C([C@H]1N=COC1c1ccsc1)N1CCOCC1. The first-order valence-electron chi connectivity index (χ1n) is 5.92. The van der Waals surface area contributed by atoms with Gasteiger partial charge in [0.1, 0.15) is 0 Å². The number of aliphatic imine (C=N–C) groups is 1. The predicted octanol–water partition coefficient (Wildman–Crippen LogP) is 1.08. The summed E-state index contributed by atoms with van der Waals surface area (Å²) in [5, 5.41) is 3.98. The lowest BCUT2D eigenvalue weighted by Gasteiger charge is -2.29. The van der Waals surface area contributed by atoms with Crippen molar-refractivity contribution in [3.8, 4) is 0 Å². The minimum absolute atomic E-state index is 0.0308. The number of hydrogen-bond acceptors (Lipinski definition) is 5. The van der Waals surface area contributed by atoms with Crippen LogP contribution in [0.25, 0.3) is 0 Å². The Kier molecular flexibility index (Phi) is 3.29. The molecule has 1 fully saturated rings. The van der Waals surface area contributed by atoms with Gasteiger partial charge in [0.05, 0.1) is 13.2 Å². The van der Waals surface area contributed by atoms with Gasteiger partial charge in [0.25, 0.3) is 5.91 Å². The molecule has 0 aliphatic carbocycles. The van der Waals surface area contributed by atoms with Gasteiger partial charge >= 0.3 is 0 Å². The lowest BCUT2D eigenvalue weighted by Crippen LogP contribution is -2.46. The second-order valence-electron chi connectivity index (χ2n) is 4.25. The zero-order valence-corrected chi connectivity index (χ0v) is 10.6. The quantitative estimate of drug-likeness (QED) is 0.804. The first kappa shape index (κ1) is 11.7. The first-order chi connectivity index (χ1) is 8.86. The van der Waals surface area contributed by atoms with E-state index in [1.807, 2.05) is 16.8 Å². The number of hydrogen-bond donors (Lipinski definition) is 0. The summed E-state index contributed by atoms with van der Waals surface area (Å²) in [6.07, 6.45) is 1.12. The van der Waals surface area contributed by atoms with Crippen molar-refractivity contribution in [1.82, 2.24) is 4.90 Å². The molecule has 2 aliphatic rings. The first-order valence-corrected chi connectivity index (χ1v) is 6.86. The van der Waals surface area contributed by atoms with E-state index in [2.05, 4.69) is 4.99 Å². The van der Waals surface area contributed by atoms with Gasteiger partial charge in [-0.1, -0.05) is 0 Å². The highest BCUT2D eigenvalue weighted by Gasteiger charge is 2.37. The van der Waals surface area contributed by atoms with Crippen molar-refractivity contribution in [2.75, 3.05) is 26.3 Å². The molecule has 6 heteroatoms. The molecule has 3 heterocycles. The molecule has 18 heavy (non-hydrogen) atoms. The molecule has 1 saturated heterocycles. The summed E-state index contributed by atoms with van der Waals surface area (Å²) in [7, 11) is 0. The Balaban J connectivity index is 1.73. The molecule has 1 unspecified atom stereocenters. The van der Waals surface area contributed by atoms with E-state index in [1.54, 1.807) is 16.2 Å². The number of carbonyl (C=O) groups excluding carboxylic acids is 1. The molecule has 0 bridgehead atoms. The molecule has 1 aromatic rings. The molecule has 0 spiro atoms. The fraction of sp³-hybridized carbons (Fsp3) is 0.500. The third-order valence-corrected chi connectivity index (χ3v) is 3.86. The number of ether oxygens (including phenoxy) is 2. The second-order valence-corrected chi connectivity index (χ2v) is 5.03. The number of nitrogens with zero attached hydrogens (tertiary/aromatic N) is 2. The highest BCUT2D eigenvalue weighted by atomic mass is 32.1. The van der Waals surface area contributed by atoms with Crippen LogP contribution in [-0.2, 0) is 14.3 Å². The Bertz CT molecular complexity index is 440. The lowest BCUT2D eigenvalue weighted by molar-refractivity contribution is -0.138. The summed E-state index contributed by atoms with van der Waals surface area (Å²) in [5.41, 5.74) is 1.02. The Hall–Kier alpha value is -1.40. The minimum Gasteiger partial charge on any atom is -0.473 e. The van der Waals surface area contributed by atoms with E-state index in [4.69, 9.17) is 9.47 Å². The molecule has 1 amide bonds. The standard InChI is InChI=1S/C12H14N2O3S/c15-12(14-2-4-16-5-3-14)10-11(17-8-13-10)9-1-6-18-7-9/h1,6-8,10-11H,2-5H2/t10-,11?/m0/s1. The molecule has 3 rings (SSSR count). The van der Waals surface area contributed by atoms with Crippen LogP contribution >= 0.6 is 11.3 Å². The molecular weight excluding hydrogens is 252 g/mol. The van der Waals surface area contributed by atoms with E-state index in [0.717, 1.165) is 5.56 Å². The zero-order chi connectivity index (χ0) is 12.4. The molecule has 0 radical (unpaired) electrons. The summed E-state index contributed by atoms with van der Waals surface area (Å²) in [6, 6.07) is 1.53. The largest absolute Gasteiger partial charge is 0.473 e. The Morgan fingerprint density at radius 1 is 1.44 bits per heavy atom. The maximum absolute atomic E-state index is 12.4. The molecule has 0 saturated carbocycles. The summed E-state index contributed by atoms with van der Waals surface area (Å²) >= 11 is 1.60. The third kappa shape index (κ3) is 2.13. The van der Waals surface area contributed by atoms with Crippen LogP contribution in [0.2, 0.25) is 0 Å². The van der Waals surface area contributed by atoms with Crippen LogP contribution in [0.4, 0.5) is 0 Å². The molecule has 96 valence electrons. The lowest BCUT2D eigenvalue weighted by atomic mass is 10.0. The van der Waals surface area contributed by atoms with Gasteiger partial charge in [0.15, 0.2) is 18.5 Å². The van der Waals surface area contributed by atoms with Gasteiger partial charge in [-0.25, -0.2) is 4.99 Å². The fourth-order valence-electron chi connectivity index (χ4n) is 2.18. The van der Waals surface area contributed by atoms with Gasteiger partial charge in [-0.3, -0.25) is 4.79 Å². The zero-order valence-electron chi connectivity index (χ0n) is 9.82. The van der Waals surface area contributed by atoms with Crippen molar-refractivity contribution >= 4 is 23.6 Å². The van der Waals surface area contributed by atoms with Crippen LogP contribution in [0.5, 0.6) is 0 Å². The van der Waals surface area contributed by atoms with Crippen LogP contribution in [-0.4, -0.2) is 49.6 Å². The average Bonchev–Trinajstić information content (AvgIpc) is 3.09. The minimum atomic E-state index is -0.447. The van der Waals surface area contributed by atoms with E-state index in [-0.39, 0.29) is 12.0 Å². The number of carbonyl (C=O) groups is 1. The van der Waals surface area contributed by atoms with Crippen molar-refractivity contribution in [3.63, 3.8) is 0 Å². The van der Waals surface area contributed by atoms with Gasteiger partial charge in [0.2, 0.25) is 0 Å². The van der Waals surface area contributed by atoms with Crippen molar-refractivity contribution < 1.29 is 14.3 Å². The van der Waals surface area contributed by atoms with Crippen LogP contribution in [0.3, 0.4) is 0 Å². The molecule has 5 nitrogen and oxygen atoms in total. The molecule has 2 atom stereocenters. The van der Waals surface area contributed by atoms with E-state index < -0.39 is 6.04 Å². The second kappa shape index (κ2) is 5.07. The molecule has 2 aliphatic heterocycles. The summed E-state index contributed by atoms with van der Waals surface area (Å²) in [6.45, 7) is 2.49. The van der Waals surface area contributed by atoms with E-state index in [9.17, 15) is 4.79 Å². The maximum Gasteiger partial charge on any atom is 0.251 e. The fourth-order valence-corrected chi connectivity index (χ4v) is 2.86. The number of amides is 1. The van der Waals surface area contributed by atoms with E-state index >= 15 is 0 Å². The maximum atomic E-state index is 12.4. The van der Waals surface area contributed by atoms with Crippen LogP contribution in [0, 0.1) is 0 Å². The summed E-state index contributed by atoms with van der Waals surface area (Å²) < 4.78 is 10.7. The Morgan fingerprint density at radius 2 is 2.28 bits per heavy atom. The van der Waals surface area contributed by atoms with Gasteiger partial charge in [-0.15, -0.1) is 0 Å². The summed E-state index contributed by atoms with van der Waals surface area (Å²) in [4.78, 5) is 18.4. The van der Waals surface area contributed by atoms with Crippen LogP contribution < -0.4 is 0 Å². The Morgan fingerprint density at radius 3 is 3.00 bits per heavy atom. The third-order valence-electron chi connectivity index (χ3n) is 3.16. The number of rotatable bonds is 2. The van der Waals surface area contributed by atoms with Gasteiger partial charge in [0, 0.05) is 18.7 Å². The van der Waals surface area contributed by atoms with Crippen molar-refractivity contribution in [1.29, 1.82) is 0 Å². The molecule has 0 aromatic carbocycles. The smallest absolute Gasteiger partial charge is 0.251 e. The van der Waals surface area contributed by atoms with Crippen LogP contribution in [0.1, 0.15) is 11.7 Å². The van der Waals surface area contributed by atoms with Gasteiger partial charge in [-0.2, -0.15) is 11.3 Å². The number of thiophene rings is 1. The topological polar surface area (TPSA) is 51.1 Å². The predicted molar refractivity (Wildman–Crippen MR) is 67.8 cm³/mol. The van der Waals surface area contributed by atoms with Gasteiger partial charge < -0.3 is 14.4 Å². The highest BCUT2D eigenvalue weighted by molar-refractivity contribution is 7.08. The van der Waals surface area contributed by atoms with E-state index in [0.29, 0.717) is 26.3 Å².